The topological polar surface area (TPSA) is 18.5 Å². The quantitative estimate of drug-likeness (QED) is 0.718. The Labute approximate surface area is 124 Å². The highest BCUT2D eigenvalue weighted by molar-refractivity contribution is 5.79. The summed E-state index contributed by atoms with van der Waals surface area (Å²) in [6.07, 6.45) is 5.25. The van der Waals surface area contributed by atoms with Crippen molar-refractivity contribution in [2.45, 2.75) is 43.7 Å². The van der Waals surface area contributed by atoms with Gasteiger partial charge < -0.3 is 9.47 Å². The van der Waals surface area contributed by atoms with E-state index < -0.39 is 5.79 Å². The fourth-order valence-corrected chi connectivity index (χ4v) is 4.20. The lowest BCUT2D eigenvalue weighted by atomic mass is 9.95. The normalized spacial score (nSPS) is 28.2. The first-order valence-electron chi connectivity index (χ1n) is 7.93. The molecule has 0 N–H and O–H groups in total. The van der Waals surface area contributed by atoms with E-state index in [4.69, 9.17) is 9.47 Å². The van der Waals surface area contributed by atoms with Gasteiger partial charge in [-0.2, -0.15) is 0 Å². The monoisotopic (exact) mass is 278 g/mol. The van der Waals surface area contributed by atoms with Crippen molar-refractivity contribution in [1.82, 2.24) is 0 Å². The number of fused-ring (bicyclic) bond motifs is 6. The Kier molecular flexibility index (Phi) is 2.38. The molecule has 5 rings (SSSR count). The van der Waals surface area contributed by atoms with Gasteiger partial charge in [0.05, 0.1) is 12.2 Å². The fraction of sp³-hybridized carbons (Fsp3) is 0.368. The predicted octanol–water partition coefficient (Wildman–Crippen LogP) is 4.23. The number of benzene rings is 2. The summed E-state index contributed by atoms with van der Waals surface area (Å²) in [5.74, 6) is -0.660. The van der Waals surface area contributed by atoms with E-state index in [1.807, 2.05) is 0 Å². The molecule has 2 aromatic rings. The van der Waals surface area contributed by atoms with Crippen molar-refractivity contribution < 1.29 is 9.47 Å². The molecular weight excluding hydrogens is 260 g/mol. The third-order valence-electron chi connectivity index (χ3n) is 5.13. The molecule has 21 heavy (non-hydrogen) atoms. The number of rotatable bonds is 0. The van der Waals surface area contributed by atoms with E-state index in [2.05, 4.69) is 48.5 Å². The Morgan fingerprint density at radius 2 is 1.19 bits per heavy atom. The van der Waals surface area contributed by atoms with Gasteiger partial charge >= 0.3 is 0 Å². The summed E-state index contributed by atoms with van der Waals surface area (Å²) >= 11 is 0. The van der Waals surface area contributed by atoms with E-state index in [1.165, 1.54) is 35.1 Å². The van der Waals surface area contributed by atoms with Crippen molar-refractivity contribution >= 4 is 0 Å². The molecule has 2 atom stereocenters. The van der Waals surface area contributed by atoms with Crippen LogP contribution in [0, 0.1) is 0 Å². The van der Waals surface area contributed by atoms with Crippen LogP contribution in [0.15, 0.2) is 48.5 Å². The van der Waals surface area contributed by atoms with Crippen molar-refractivity contribution in [1.29, 1.82) is 0 Å². The first-order valence-corrected chi connectivity index (χ1v) is 7.93. The highest BCUT2D eigenvalue weighted by atomic mass is 16.8. The molecule has 3 aliphatic rings. The maximum atomic E-state index is 6.54. The zero-order valence-corrected chi connectivity index (χ0v) is 11.9. The van der Waals surface area contributed by atoms with Crippen molar-refractivity contribution in [3.8, 4) is 11.1 Å². The molecule has 1 heterocycles. The molecular formula is C19H18O2. The van der Waals surface area contributed by atoms with Gasteiger partial charge in [-0.05, 0) is 24.0 Å². The predicted molar refractivity (Wildman–Crippen MR) is 80.9 cm³/mol. The van der Waals surface area contributed by atoms with Gasteiger partial charge in [-0.15, -0.1) is 0 Å². The molecule has 2 nitrogen and oxygen atoms in total. The molecule has 2 heteroatoms. The van der Waals surface area contributed by atoms with Crippen LogP contribution in [0.3, 0.4) is 0 Å². The molecule has 0 unspecified atom stereocenters. The van der Waals surface area contributed by atoms with E-state index in [1.54, 1.807) is 0 Å². The van der Waals surface area contributed by atoms with Crippen LogP contribution in [0.5, 0.6) is 0 Å². The van der Waals surface area contributed by atoms with Gasteiger partial charge in [0.15, 0.2) is 0 Å². The molecule has 2 aliphatic carbocycles. The second-order valence-electron chi connectivity index (χ2n) is 6.30. The zero-order chi connectivity index (χ0) is 13.9. The molecule has 1 aliphatic heterocycles. The van der Waals surface area contributed by atoms with Gasteiger partial charge in [-0.1, -0.05) is 61.4 Å². The standard InChI is InChI=1S/C19H18O2/c1-3-9-15-13(7-1)14-8-2-4-10-16(14)19(15)20-17-11-5-6-12-18(17)21-19/h1-4,7-10,17-18H,5-6,11-12H2/t17-,18-/m1/s1. The van der Waals surface area contributed by atoms with Crippen LogP contribution in [0.4, 0.5) is 0 Å². The zero-order valence-electron chi connectivity index (χ0n) is 11.9. The summed E-state index contributed by atoms with van der Waals surface area (Å²) < 4.78 is 13.1. The molecule has 1 spiro atoms. The molecule has 2 fully saturated rings. The Balaban J connectivity index is 1.73. The first kappa shape index (κ1) is 12.0. The van der Waals surface area contributed by atoms with Crippen LogP contribution in [-0.2, 0) is 15.3 Å². The van der Waals surface area contributed by atoms with Crippen molar-refractivity contribution in [2.75, 3.05) is 0 Å². The SMILES string of the molecule is c1ccc2c(c1)-c1ccccc1C21O[C@@H]2CCCC[C@H]2O1. The van der Waals surface area contributed by atoms with E-state index in [0.717, 1.165) is 12.8 Å². The molecule has 0 bridgehead atoms. The molecule has 2 aromatic carbocycles. The highest BCUT2D eigenvalue weighted by Gasteiger charge is 2.55. The average molecular weight is 278 g/mol. The summed E-state index contributed by atoms with van der Waals surface area (Å²) in [7, 11) is 0. The van der Waals surface area contributed by atoms with Crippen molar-refractivity contribution in [3.05, 3.63) is 59.7 Å². The van der Waals surface area contributed by atoms with Gasteiger partial charge in [-0.25, -0.2) is 0 Å². The molecule has 0 radical (unpaired) electrons. The largest absolute Gasteiger partial charge is 0.336 e. The van der Waals surface area contributed by atoms with Gasteiger partial charge in [0, 0.05) is 11.1 Å². The number of ether oxygens (including phenoxy) is 2. The minimum atomic E-state index is -0.660. The maximum Gasteiger partial charge on any atom is 0.224 e. The third kappa shape index (κ3) is 1.49. The number of hydrogen-bond acceptors (Lipinski definition) is 2. The van der Waals surface area contributed by atoms with Gasteiger partial charge in [-0.3, -0.25) is 0 Å². The second kappa shape index (κ2) is 4.19. The van der Waals surface area contributed by atoms with Gasteiger partial charge in [0.2, 0.25) is 5.79 Å². The Hall–Kier alpha value is -1.64. The van der Waals surface area contributed by atoms with Gasteiger partial charge in [0.1, 0.15) is 0 Å². The maximum absolute atomic E-state index is 6.54. The Morgan fingerprint density at radius 3 is 1.71 bits per heavy atom. The summed E-state index contributed by atoms with van der Waals surface area (Å²) in [6, 6.07) is 17.0. The summed E-state index contributed by atoms with van der Waals surface area (Å²) in [5.41, 5.74) is 4.87. The molecule has 0 aromatic heterocycles. The fourth-order valence-electron chi connectivity index (χ4n) is 4.20. The van der Waals surface area contributed by atoms with Crippen LogP contribution >= 0.6 is 0 Å². The summed E-state index contributed by atoms with van der Waals surface area (Å²) in [4.78, 5) is 0. The summed E-state index contributed by atoms with van der Waals surface area (Å²) in [6.45, 7) is 0. The first-order chi connectivity index (χ1) is 10.4. The minimum absolute atomic E-state index is 0.248. The average Bonchev–Trinajstić information content (AvgIpc) is 3.06. The van der Waals surface area contributed by atoms with Gasteiger partial charge in [0.25, 0.3) is 0 Å². The van der Waals surface area contributed by atoms with E-state index >= 15 is 0 Å². The lowest BCUT2D eigenvalue weighted by Gasteiger charge is -2.25. The van der Waals surface area contributed by atoms with Crippen molar-refractivity contribution in [2.24, 2.45) is 0 Å². The summed E-state index contributed by atoms with van der Waals surface area (Å²) in [5, 5.41) is 0. The Morgan fingerprint density at radius 1 is 0.714 bits per heavy atom. The molecule has 0 amide bonds. The van der Waals surface area contributed by atoms with Crippen LogP contribution in [0.25, 0.3) is 11.1 Å². The highest BCUT2D eigenvalue weighted by Crippen LogP contribution is 2.55. The lowest BCUT2D eigenvalue weighted by Crippen LogP contribution is -2.27. The molecule has 1 saturated carbocycles. The van der Waals surface area contributed by atoms with Crippen molar-refractivity contribution in [3.63, 3.8) is 0 Å². The molecule has 106 valence electrons. The third-order valence-corrected chi connectivity index (χ3v) is 5.13. The number of hydrogen-bond donors (Lipinski definition) is 0. The van der Waals surface area contributed by atoms with E-state index in [9.17, 15) is 0 Å². The van der Waals surface area contributed by atoms with Crippen LogP contribution in [0.1, 0.15) is 36.8 Å². The van der Waals surface area contributed by atoms with E-state index in [0.29, 0.717) is 0 Å². The molecule has 1 saturated heterocycles. The minimum Gasteiger partial charge on any atom is -0.336 e. The lowest BCUT2D eigenvalue weighted by molar-refractivity contribution is -0.146. The second-order valence-corrected chi connectivity index (χ2v) is 6.30. The van der Waals surface area contributed by atoms with Crippen LogP contribution in [-0.4, -0.2) is 12.2 Å². The van der Waals surface area contributed by atoms with E-state index in [-0.39, 0.29) is 12.2 Å². The van der Waals surface area contributed by atoms with Crippen LogP contribution < -0.4 is 0 Å². The Bertz CT molecular complexity index is 645. The van der Waals surface area contributed by atoms with Crippen LogP contribution in [0.2, 0.25) is 0 Å². The smallest absolute Gasteiger partial charge is 0.224 e.